The minimum absolute atomic E-state index is 0.0237. The van der Waals surface area contributed by atoms with E-state index in [9.17, 15) is 4.79 Å². The lowest BCUT2D eigenvalue weighted by Gasteiger charge is -2.19. The Bertz CT molecular complexity index is 939. The molecule has 2 aromatic carbocycles. The molecule has 1 aromatic heterocycles. The van der Waals surface area contributed by atoms with Crippen molar-refractivity contribution in [1.29, 1.82) is 0 Å². The van der Waals surface area contributed by atoms with Crippen molar-refractivity contribution in [1.82, 2.24) is 15.5 Å². The summed E-state index contributed by atoms with van der Waals surface area (Å²) in [6.07, 6.45) is 0.952. The number of nitrogens with one attached hydrogen (secondary N) is 2. The lowest BCUT2D eigenvalue weighted by molar-refractivity contribution is 0.0844. The highest BCUT2D eigenvalue weighted by atomic mass is 16.5. The molecule has 4 rings (SSSR count). The highest BCUT2D eigenvalue weighted by Crippen LogP contribution is 2.34. The maximum absolute atomic E-state index is 12.6. The average Bonchev–Trinajstić information content (AvgIpc) is 3.42. The van der Waals surface area contributed by atoms with Gasteiger partial charge in [0.05, 0.1) is 18.9 Å². The Labute approximate surface area is 163 Å². The van der Waals surface area contributed by atoms with Crippen molar-refractivity contribution in [2.75, 3.05) is 20.3 Å². The predicted octanol–water partition coefficient (Wildman–Crippen LogP) is 3.59. The molecular formula is C22H23N3O3. The Morgan fingerprint density at radius 2 is 2.07 bits per heavy atom. The number of nitrogens with zero attached hydrogens (tertiary/aromatic N) is 1. The molecule has 2 heterocycles. The fourth-order valence-electron chi connectivity index (χ4n) is 3.54. The Balaban J connectivity index is 1.40. The van der Waals surface area contributed by atoms with E-state index in [-0.39, 0.29) is 17.9 Å². The summed E-state index contributed by atoms with van der Waals surface area (Å²) in [5, 5.41) is 10.1. The van der Waals surface area contributed by atoms with E-state index in [1.807, 2.05) is 42.5 Å². The smallest absolute Gasteiger partial charge is 0.269 e. The van der Waals surface area contributed by atoms with Crippen LogP contribution in [0.5, 0.6) is 5.75 Å². The molecule has 0 radical (unpaired) electrons. The third-order valence-electron chi connectivity index (χ3n) is 5.06. The maximum Gasteiger partial charge on any atom is 0.269 e. The van der Waals surface area contributed by atoms with Gasteiger partial charge in [-0.05, 0) is 30.2 Å². The van der Waals surface area contributed by atoms with Crippen LogP contribution < -0.4 is 10.1 Å². The summed E-state index contributed by atoms with van der Waals surface area (Å²) in [6, 6.07) is 19.5. The summed E-state index contributed by atoms with van der Waals surface area (Å²) in [5.41, 5.74) is 3.19. The topological polar surface area (TPSA) is 76.2 Å². The van der Waals surface area contributed by atoms with Crippen LogP contribution >= 0.6 is 0 Å². The number of carbonyl (C=O) groups is 1. The van der Waals surface area contributed by atoms with Crippen molar-refractivity contribution in [3.05, 3.63) is 71.9 Å². The van der Waals surface area contributed by atoms with Gasteiger partial charge in [0.1, 0.15) is 11.4 Å². The zero-order valence-electron chi connectivity index (χ0n) is 15.7. The van der Waals surface area contributed by atoms with Crippen molar-refractivity contribution in [2.24, 2.45) is 5.92 Å². The summed E-state index contributed by atoms with van der Waals surface area (Å²) in [6.45, 7) is 1.27. The van der Waals surface area contributed by atoms with Gasteiger partial charge in [-0.1, -0.05) is 42.5 Å². The first kappa shape index (κ1) is 18.3. The van der Waals surface area contributed by atoms with Crippen LogP contribution in [-0.2, 0) is 4.74 Å². The molecule has 3 aromatic rings. The van der Waals surface area contributed by atoms with Crippen molar-refractivity contribution < 1.29 is 14.3 Å². The van der Waals surface area contributed by atoms with Gasteiger partial charge in [0.15, 0.2) is 0 Å². The number of benzene rings is 2. The first-order chi connectivity index (χ1) is 13.7. The van der Waals surface area contributed by atoms with Gasteiger partial charge in [-0.25, -0.2) is 0 Å². The maximum atomic E-state index is 12.6. The van der Waals surface area contributed by atoms with E-state index in [2.05, 4.69) is 27.6 Å². The molecule has 0 saturated carbocycles. The Kier molecular flexibility index (Phi) is 5.39. The number of H-pyrrole nitrogens is 1. The van der Waals surface area contributed by atoms with Crippen LogP contribution in [-0.4, -0.2) is 36.4 Å². The second-order valence-corrected chi connectivity index (χ2v) is 6.86. The minimum Gasteiger partial charge on any atom is -0.497 e. The number of methoxy groups -OCH3 is 1. The summed E-state index contributed by atoms with van der Waals surface area (Å²) in [4.78, 5) is 12.6. The lowest BCUT2D eigenvalue weighted by Crippen LogP contribution is -2.30. The highest BCUT2D eigenvalue weighted by molar-refractivity contribution is 5.93. The quantitative estimate of drug-likeness (QED) is 0.688. The van der Waals surface area contributed by atoms with Gasteiger partial charge in [0.2, 0.25) is 0 Å². The van der Waals surface area contributed by atoms with Crippen LogP contribution in [0.1, 0.15) is 28.6 Å². The SMILES string of the molecule is COc1cccc(-c2cc(C(=O)NC[C@@H]3CCO[C@H]3c3ccccc3)[nH]n2)c1. The van der Waals surface area contributed by atoms with E-state index in [0.29, 0.717) is 24.5 Å². The number of aromatic nitrogens is 2. The van der Waals surface area contributed by atoms with E-state index in [1.165, 1.54) is 0 Å². The molecule has 1 fully saturated rings. The summed E-state index contributed by atoms with van der Waals surface area (Å²) in [7, 11) is 1.62. The van der Waals surface area contributed by atoms with E-state index in [0.717, 1.165) is 23.3 Å². The fourth-order valence-corrected chi connectivity index (χ4v) is 3.54. The molecule has 2 N–H and O–H groups in total. The van der Waals surface area contributed by atoms with E-state index in [4.69, 9.17) is 9.47 Å². The van der Waals surface area contributed by atoms with Crippen molar-refractivity contribution in [3.8, 4) is 17.0 Å². The van der Waals surface area contributed by atoms with E-state index in [1.54, 1.807) is 13.2 Å². The number of aromatic amines is 1. The molecule has 6 nitrogen and oxygen atoms in total. The number of ether oxygens (including phenoxy) is 2. The molecule has 6 heteroatoms. The van der Waals surface area contributed by atoms with Crippen molar-refractivity contribution in [3.63, 3.8) is 0 Å². The molecule has 0 bridgehead atoms. The number of carbonyl (C=O) groups excluding carboxylic acids is 1. The third kappa shape index (κ3) is 3.92. The van der Waals surface area contributed by atoms with Crippen LogP contribution in [0.2, 0.25) is 0 Å². The summed E-state index contributed by atoms with van der Waals surface area (Å²) >= 11 is 0. The van der Waals surface area contributed by atoms with Gasteiger partial charge in [0.25, 0.3) is 5.91 Å². The van der Waals surface area contributed by atoms with Crippen molar-refractivity contribution >= 4 is 5.91 Å². The third-order valence-corrected chi connectivity index (χ3v) is 5.06. The Hall–Kier alpha value is -3.12. The zero-order chi connectivity index (χ0) is 19.3. The zero-order valence-corrected chi connectivity index (χ0v) is 15.7. The standard InChI is InChI=1S/C22H23N3O3/c1-27-18-9-5-8-16(12-18)19-13-20(25-24-19)22(26)23-14-17-10-11-28-21(17)15-6-3-2-4-7-15/h2-9,12-13,17,21H,10-11,14H2,1H3,(H,23,26)(H,24,25)/t17-,21-/m0/s1. The van der Waals surface area contributed by atoms with Gasteiger partial charge < -0.3 is 14.8 Å². The first-order valence-corrected chi connectivity index (χ1v) is 9.39. The molecule has 144 valence electrons. The monoisotopic (exact) mass is 377 g/mol. The minimum atomic E-state index is -0.166. The predicted molar refractivity (Wildman–Crippen MR) is 106 cm³/mol. The second-order valence-electron chi connectivity index (χ2n) is 6.86. The highest BCUT2D eigenvalue weighted by Gasteiger charge is 2.30. The lowest BCUT2D eigenvalue weighted by atomic mass is 9.95. The van der Waals surface area contributed by atoms with Gasteiger partial charge in [-0.2, -0.15) is 5.10 Å². The Morgan fingerprint density at radius 1 is 1.21 bits per heavy atom. The molecule has 1 saturated heterocycles. The molecule has 0 spiro atoms. The number of amides is 1. The number of hydrogen-bond acceptors (Lipinski definition) is 4. The Morgan fingerprint density at radius 3 is 2.89 bits per heavy atom. The number of hydrogen-bond donors (Lipinski definition) is 2. The first-order valence-electron chi connectivity index (χ1n) is 9.39. The molecule has 28 heavy (non-hydrogen) atoms. The van der Waals surface area contributed by atoms with Crippen molar-refractivity contribution in [2.45, 2.75) is 12.5 Å². The molecular weight excluding hydrogens is 354 g/mol. The molecule has 1 aliphatic heterocycles. The summed E-state index contributed by atoms with van der Waals surface area (Å²) < 4.78 is 11.1. The molecule has 0 unspecified atom stereocenters. The largest absolute Gasteiger partial charge is 0.497 e. The molecule has 0 aliphatic carbocycles. The van der Waals surface area contributed by atoms with Gasteiger partial charge in [-0.3, -0.25) is 9.89 Å². The van der Waals surface area contributed by atoms with Gasteiger partial charge in [-0.15, -0.1) is 0 Å². The van der Waals surface area contributed by atoms with Crippen LogP contribution in [0.3, 0.4) is 0 Å². The van der Waals surface area contributed by atoms with E-state index < -0.39 is 0 Å². The fraction of sp³-hybridized carbons (Fsp3) is 0.273. The van der Waals surface area contributed by atoms with Gasteiger partial charge >= 0.3 is 0 Å². The van der Waals surface area contributed by atoms with E-state index >= 15 is 0 Å². The van der Waals surface area contributed by atoms with Crippen LogP contribution in [0.25, 0.3) is 11.3 Å². The molecule has 2 atom stereocenters. The average molecular weight is 377 g/mol. The molecule has 1 amide bonds. The normalized spacial score (nSPS) is 18.8. The second kappa shape index (κ2) is 8.27. The van der Waals surface area contributed by atoms with Gasteiger partial charge in [0, 0.05) is 24.6 Å². The van der Waals surface area contributed by atoms with Crippen LogP contribution in [0, 0.1) is 5.92 Å². The van der Waals surface area contributed by atoms with Crippen LogP contribution in [0.15, 0.2) is 60.7 Å². The number of rotatable bonds is 6. The summed E-state index contributed by atoms with van der Waals surface area (Å²) in [5.74, 6) is 0.840. The molecule has 1 aliphatic rings. The van der Waals surface area contributed by atoms with Crippen LogP contribution in [0.4, 0.5) is 0 Å².